The number of carbonyl (C=O) groups excluding carboxylic acids is 2. The summed E-state index contributed by atoms with van der Waals surface area (Å²) in [6, 6.07) is -1.07. The molecule has 2 nitrogen and oxygen atoms in total. The highest BCUT2D eigenvalue weighted by Gasteiger charge is 2.75. The Morgan fingerprint density at radius 1 is 0.655 bits per heavy atom. The van der Waals surface area contributed by atoms with Gasteiger partial charge in [-0.3, -0.25) is 9.59 Å². The molecule has 0 aromatic heterocycles. The summed E-state index contributed by atoms with van der Waals surface area (Å²) in [5.41, 5.74) is -5.85. The van der Waals surface area contributed by atoms with Crippen LogP contribution in [-0.4, -0.2) is 29.6 Å². The number of ketones is 2. The van der Waals surface area contributed by atoms with Gasteiger partial charge in [0, 0.05) is 5.56 Å². The second-order valence-electron chi connectivity index (χ2n) is 5.46. The van der Waals surface area contributed by atoms with Gasteiger partial charge in [-0.1, -0.05) is 0 Å². The van der Waals surface area contributed by atoms with Gasteiger partial charge in [-0.15, -0.1) is 0 Å². The summed E-state index contributed by atoms with van der Waals surface area (Å²) in [5, 5.41) is 0. The zero-order chi connectivity index (χ0) is 23.2. The van der Waals surface area contributed by atoms with Crippen LogP contribution in [0.4, 0.5) is 57.1 Å². The van der Waals surface area contributed by atoms with Crippen molar-refractivity contribution in [2.24, 2.45) is 0 Å². The number of Topliss-reactive ketones (excluding diaryl/α,β-unsaturated/α-hetero) is 2. The van der Waals surface area contributed by atoms with Crippen LogP contribution in [0.3, 0.4) is 0 Å². The number of alkyl halides is 13. The lowest BCUT2D eigenvalue weighted by Crippen LogP contribution is -2.56. The van der Waals surface area contributed by atoms with Crippen molar-refractivity contribution in [2.75, 3.05) is 0 Å². The van der Waals surface area contributed by atoms with Gasteiger partial charge in [-0.05, 0) is 18.2 Å². The van der Waals surface area contributed by atoms with Crippen molar-refractivity contribution in [3.05, 3.63) is 34.9 Å². The van der Waals surface area contributed by atoms with Crippen molar-refractivity contribution < 1.29 is 66.7 Å². The van der Waals surface area contributed by atoms with E-state index in [4.69, 9.17) is 0 Å². The van der Waals surface area contributed by atoms with E-state index in [0.29, 0.717) is 0 Å². The van der Waals surface area contributed by atoms with E-state index >= 15 is 0 Å². The van der Waals surface area contributed by atoms with Crippen molar-refractivity contribution in [1.29, 1.82) is 0 Å². The van der Waals surface area contributed by atoms with Crippen molar-refractivity contribution in [1.82, 2.24) is 0 Å². The molecule has 0 saturated heterocycles. The Bertz CT molecular complexity index is 767. The second-order valence-corrected chi connectivity index (χ2v) is 5.46. The van der Waals surface area contributed by atoms with Gasteiger partial charge < -0.3 is 0 Å². The molecule has 0 radical (unpaired) electrons. The standard InChI is InChI=1S/C14H5F13O2/c15-10(16,13(23,24)14(25,26)27)9(29)4-8(28)5-1-6(11(17,18)19)3-7(2-5)12(20,21)22/h1-3H,4H2. The zero-order valence-electron chi connectivity index (χ0n) is 13.2. The van der Waals surface area contributed by atoms with E-state index < -0.39 is 71.1 Å². The molecule has 0 N–H and O–H groups in total. The smallest absolute Gasteiger partial charge is 0.294 e. The minimum atomic E-state index is -6.94. The normalized spacial score (nSPS) is 14.1. The van der Waals surface area contributed by atoms with Crippen LogP contribution < -0.4 is 0 Å². The minimum Gasteiger partial charge on any atom is -0.294 e. The molecule has 0 saturated carbocycles. The van der Waals surface area contributed by atoms with Gasteiger partial charge in [-0.2, -0.15) is 57.1 Å². The Balaban J connectivity index is 3.34. The average Bonchev–Trinajstić information content (AvgIpc) is 2.51. The lowest BCUT2D eigenvalue weighted by molar-refractivity contribution is -0.343. The molecule has 0 heterocycles. The maximum absolute atomic E-state index is 13.2. The Hall–Kier alpha value is -2.35. The average molecular weight is 452 g/mol. The van der Waals surface area contributed by atoms with Gasteiger partial charge in [0.15, 0.2) is 5.78 Å². The van der Waals surface area contributed by atoms with Crippen LogP contribution in [0.5, 0.6) is 0 Å². The fraction of sp³-hybridized carbons (Fsp3) is 0.429. The summed E-state index contributed by atoms with van der Waals surface area (Å²) in [4.78, 5) is 22.7. The van der Waals surface area contributed by atoms with Crippen LogP contribution in [0.25, 0.3) is 0 Å². The topological polar surface area (TPSA) is 34.1 Å². The van der Waals surface area contributed by atoms with E-state index in [2.05, 4.69) is 0 Å². The van der Waals surface area contributed by atoms with Crippen molar-refractivity contribution in [2.45, 2.75) is 36.8 Å². The van der Waals surface area contributed by atoms with Gasteiger partial charge in [0.05, 0.1) is 17.5 Å². The molecule has 1 rings (SSSR count). The lowest BCUT2D eigenvalue weighted by atomic mass is 9.96. The molecule has 29 heavy (non-hydrogen) atoms. The first-order valence-electron chi connectivity index (χ1n) is 6.80. The van der Waals surface area contributed by atoms with Crippen LogP contribution >= 0.6 is 0 Å². The predicted octanol–water partition coefficient (Wildman–Crippen LogP) is 5.70. The van der Waals surface area contributed by atoms with Gasteiger partial charge in [-0.25, -0.2) is 0 Å². The highest BCUT2D eigenvalue weighted by Crippen LogP contribution is 2.47. The van der Waals surface area contributed by atoms with E-state index in [0.717, 1.165) is 0 Å². The number of rotatable bonds is 5. The first-order chi connectivity index (χ1) is 12.6. The highest BCUT2D eigenvalue weighted by molar-refractivity contribution is 6.10. The first kappa shape index (κ1) is 24.7. The molecule has 0 fully saturated rings. The molecule has 0 amide bonds. The third-order valence-corrected chi connectivity index (χ3v) is 3.33. The molecule has 164 valence electrons. The SMILES string of the molecule is O=C(CC(=O)C(F)(F)C(F)(F)C(F)(F)F)c1cc(C(F)(F)F)cc(C(F)(F)F)c1. The summed E-state index contributed by atoms with van der Waals surface area (Å²) in [7, 11) is 0. The van der Waals surface area contributed by atoms with Crippen molar-refractivity contribution >= 4 is 11.6 Å². The molecule has 0 aliphatic rings. The van der Waals surface area contributed by atoms with Crippen LogP contribution in [0.15, 0.2) is 18.2 Å². The summed E-state index contributed by atoms with van der Waals surface area (Å²) in [6.07, 6.45) is -20.4. The molecular weight excluding hydrogens is 447 g/mol. The third kappa shape index (κ3) is 4.98. The van der Waals surface area contributed by atoms with Crippen LogP contribution in [0, 0.1) is 0 Å². The molecule has 1 aromatic carbocycles. The Morgan fingerprint density at radius 2 is 1.03 bits per heavy atom. The number of halogens is 13. The van der Waals surface area contributed by atoms with E-state index in [1.807, 2.05) is 0 Å². The number of benzene rings is 1. The quantitative estimate of drug-likeness (QED) is 0.327. The Labute approximate surface area is 151 Å². The van der Waals surface area contributed by atoms with E-state index in [-0.39, 0.29) is 12.1 Å². The summed E-state index contributed by atoms with van der Waals surface area (Å²) >= 11 is 0. The van der Waals surface area contributed by atoms with Gasteiger partial charge >= 0.3 is 30.4 Å². The van der Waals surface area contributed by atoms with Gasteiger partial charge in [0.2, 0.25) is 5.78 Å². The second kappa shape index (κ2) is 7.16. The highest BCUT2D eigenvalue weighted by atomic mass is 19.4. The van der Waals surface area contributed by atoms with Crippen molar-refractivity contribution in [3.63, 3.8) is 0 Å². The zero-order valence-corrected chi connectivity index (χ0v) is 13.2. The molecule has 0 unspecified atom stereocenters. The molecule has 0 bridgehead atoms. The molecule has 0 aliphatic carbocycles. The Kier molecular flexibility index (Phi) is 6.10. The fourth-order valence-corrected chi connectivity index (χ4v) is 1.83. The monoisotopic (exact) mass is 452 g/mol. The first-order valence-corrected chi connectivity index (χ1v) is 6.80. The van der Waals surface area contributed by atoms with Crippen molar-refractivity contribution in [3.8, 4) is 0 Å². The molecular formula is C14H5F13O2. The minimum absolute atomic E-state index is 0.301. The molecule has 0 atom stereocenters. The lowest BCUT2D eigenvalue weighted by Gasteiger charge is -2.26. The number of carbonyl (C=O) groups is 2. The fourth-order valence-electron chi connectivity index (χ4n) is 1.83. The van der Waals surface area contributed by atoms with Gasteiger partial charge in [0.1, 0.15) is 0 Å². The molecule has 0 spiro atoms. The van der Waals surface area contributed by atoms with E-state index in [1.165, 1.54) is 0 Å². The summed E-state index contributed by atoms with van der Waals surface area (Å²) < 4.78 is 164. The predicted molar refractivity (Wildman–Crippen MR) is 66.3 cm³/mol. The van der Waals surface area contributed by atoms with E-state index in [1.54, 1.807) is 0 Å². The molecule has 15 heteroatoms. The van der Waals surface area contributed by atoms with Crippen LogP contribution in [0.1, 0.15) is 27.9 Å². The summed E-state index contributed by atoms with van der Waals surface area (Å²) in [6.45, 7) is 0. The maximum atomic E-state index is 13.2. The Morgan fingerprint density at radius 3 is 1.34 bits per heavy atom. The third-order valence-electron chi connectivity index (χ3n) is 3.33. The van der Waals surface area contributed by atoms with Crippen LogP contribution in [-0.2, 0) is 17.1 Å². The van der Waals surface area contributed by atoms with E-state index in [9.17, 15) is 66.7 Å². The van der Waals surface area contributed by atoms with Gasteiger partial charge in [0.25, 0.3) is 0 Å². The maximum Gasteiger partial charge on any atom is 0.460 e. The summed E-state index contributed by atoms with van der Waals surface area (Å²) in [5.74, 6) is -19.1. The largest absolute Gasteiger partial charge is 0.460 e. The molecule has 1 aromatic rings. The molecule has 0 aliphatic heterocycles. The van der Waals surface area contributed by atoms with Crippen LogP contribution in [0.2, 0.25) is 0 Å². The number of hydrogen-bond acceptors (Lipinski definition) is 2. The number of hydrogen-bond donors (Lipinski definition) is 0.